The molecule has 0 unspecified atom stereocenters. The summed E-state index contributed by atoms with van der Waals surface area (Å²) in [6, 6.07) is 8.48. The summed E-state index contributed by atoms with van der Waals surface area (Å²) in [6.07, 6.45) is 3.01. The number of thiophene rings is 1. The van der Waals surface area contributed by atoms with Crippen LogP contribution >= 0.6 is 11.3 Å². The number of piperazine rings is 1. The number of pyridine rings is 1. The first-order chi connectivity index (χ1) is 14.1. The van der Waals surface area contributed by atoms with E-state index in [1.54, 1.807) is 40.3 Å². The minimum Gasteiger partial charge on any atom is -0.459 e. The monoisotopic (exact) mass is 408 g/mol. The summed E-state index contributed by atoms with van der Waals surface area (Å²) in [5.74, 6) is -0.0494. The molecule has 0 atom stereocenters. The molecule has 1 fully saturated rings. The van der Waals surface area contributed by atoms with E-state index in [9.17, 15) is 14.4 Å². The summed E-state index contributed by atoms with van der Waals surface area (Å²) in [4.78, 5) is 45.8. The Kier molecular flexibility index (Phi) is 4.17. The van der Waals surface area contributed by atoms with Crippen molar-refractivity contribution in [3.05, 3.63) is 69.8 Å². The van der Waals surface area contributed by atoms with Crippen LogP contribution in [0, 0.1) is 0 Å². The lowest BCUT2D eigenvalue weighted by Gasteiger charge is -2.34. The first-order valence-corrected chi connectivity index (χ1v) is 10.0. The highest BCUT2D eigenvalue weighted by Gasteiger charge is 2.27. The average molecular weight is 408 g/mol. The quantitative estimate of drug-likeness (QED) is 0.507. The van der Waals surface area contributed by atoms with Gasteiger partial charge in [0.1, 0.15) is 10.3 Å². The summed E-state index contributed by atoms with van der Waals surface area (Å²) >= 11 is 1.34. The standard InChI is InChI=1S/C20H16N4O4S/c25-18(22-6-8-23(9-7-22)19(26)15-2-1-10-28-15)13-3-4-16-21-14-5-11-29-17(14)20(27)24(16)12-13/h1-5,10-12H,6-9H2. The van der Waals surface area contributed by atoms with E-state index >= 15 is 0 Å². The molecule has 0 bridgehead atoms. The Bertz CT molecular complexity index is 1280. The van der Waals surface area contributed by atoms with E-state index in [4.69, 9.17) is 4.42 Å². The van der Waals surface area contributed by atoms with Crippen molar-refractivity contribution in [1.82, 2.24) is 19.2 Å². The number of fused-ring (bicyclic) bond motifs is 2. The van der Waals surface area contributed by atoms with Crippen LogP contribution in [0.25, 0.3) is 15.9 Å². The Morgan fingerprint density at radius 1 is 1.00 bits per heavy atom. The van der Waals surface area contributed by atoms with Crippen LogP contribution in [0.2, 0.25) is 0 Å². The van der Waals surface area contributed by atoms with Gasteiger partial charge in [0.25, 0.3) is 17.4 Å². The number of nitrogens with zero attached hydrogens (tertiary/aromatic N) is 4. The highest BCUT2D eigenvalue weighted by Crippen LogP contribution is 2.17. The lowest BCUT2D eigenvalue weighted by molar-refractivity contribution is 0.0518. The Balaban J connectivity index is 1.36. The fraction of sp³-hybridized carbons (Fsp3) is 0.200. The van der Waals surface area contributed by atoms with Crippen LogP contribution in [-0.4, -0.2) is 57.2 Å². The topological polar surface area (TPSA) is 88.1 Å². The molecule has 2 amide bonds. The van der Waals surface area contributed by atoms with Gasteiger partial charge in [0.05, 0.1) is 17.3 Å². The third-order valence-corrected chi connectivity index (χ3v) is 5.94. The molecule has 1 aliphatic rings. The van der Waals surface area contributed by atoms with Crippen molar-refractivity contribution >= 4 is 39.0 Å². The lowest BCUT2D eigenvalue weighted by atomic mass is 10.2. The van der Waals surface area contributed by atoms with Gasteiger partial charge in [-0.2, -0.15) is 0 Å². The molecule has 5 rings (SSSR count). The second-order valence-corrected chi connectivity index (χ2v) is 7.68. The van der Waals surface area contributed by atoms with Crippen LogP contribution in [0.5, 0.6) is 0 Å². The van der Waals surface area contributed by atoms with Gasteiger partial charge in [0.2, 0.25) is 0 Å². The number of rotatable bonds is 2. The molecule has 146 valence electrons. The first kappa shape index (κ1) is 17.6. The number of aromatic nitrogens is 2. The second-order valence-electron chi connectivity index (χ2n) is 6.76. The smallest absolute Gasteiger partial charge is 0.289 e. The Morgan fingerprint density at radius 2 is 1.76 bits per heavy atom. The Labute approximate surface area is 168 Å². The van der Waals surface area contributed by atoms with Crippen LogP contribution in [0.15, 0.2) is 57.4 Å². The Morgan fingerprint density at radius 3 is 2.48 bits per heavy atom. The summed E-state index contributed by atoms with van der Waals surface area (Å²) in [5, 5.41) is 1.83. The predicted octanol–water partition coefficient (Wildman–Crippen LogP) is 2.10. The van der Waals surface area contributed by atoms with Crippen molar-refractivity contribution in [1.29, 1.82) is 0 Å². The molecule has 0 spiro atoms. The highest BCUT2D eigenvalue weighted by molar-refractivity contribution is 7.17. The molecule has 8 nitrogen and oxygen atoms in total. The fourth-order valence-electron chi connectivity index (χ4n) is 3.51. The number of hydrogen-bond donors (Lipinski definition) is 0. The van der Waals surface area contributed by atoms with E-state index in [0.717, 1.165) is 0 Å². The van der Waals surface area contributed by atoms with Crippen molar-refractivity contribution in [3.8, 4) is 0 Å². The van der Waals surface area contributed by atoms with Crippen molar-refractivity contribution in [2.24, 2.45) is 0 Å². The SMILES string of the molecule is O=C(c1ccc2nc3ccsc3c(=O)n2c1)N1CCN(C(=O)c2ccco2)CC1. The molecule has 1 aliphatic heterocycles. The number of amides is 2. The number of carbonyl (C=O) groups is 2. The minimum atomic E-state index is -0.177. The van der Waals surface area contributed by atoms with Gasteiger partial charge in [-0.15, -0.1) is 11.3 Å². The van der Waals surface area contributed by atoms with E-state index in [0.29, 0.717) is 53.4 Å². The summed E-state index contributed by atoms with van der Waals surface area (Å²) in [5.41, 5.74) is 1.41. The largest absolute Gasteiger partial charge is 0.459 e. The Hall–Kier alpha value is -3.46. The molecule has 0 N–H and O–H groups in total. The molecular formula is C20H16N4O4S. The minimum absolute atomic E-state index is 0.171. The summed E-state index contributed by atoms with van der Waals surface area (Å²) < 4.78 is 7.15. The molecule has 0 aliphatic carbocycles. The van der Waals surface area contributed by atoms with Crippen molar-refractivity contribution < 1.29 is 14.0 Å². The zero-order valence-corrected chi connectivity index (χ0v) is 16.1. The third-order valence-electron chi connectivity index (χ3n) is 5.05. The maximum Gasteiger partial charge on any atom is 0.289 e. The number of carbonyl (C=O) groups excluding carboxylic acids is 2. The van der Waals surface area contributed by atoms with Crippen LogP contribution in [0.1, 0.15) is 20.9 Å². The molecule has 29 heavy (non-hydrogen) atoms. The van der Waals surface area contributed by atoms with E-state index in [2.05, 4.69) is 4.98 Å². The van der Waals surface area contributed by atoms with Crippen LogP contribution in [0.4, 0.5) is 0 Å². The van der Waals surface area contributed by atoms with Gasteiger partial charge in [-0.05, 0) is 35.7 Å². The zero-order chi connectivity index (χ0) is 20.0. The normalized spacial score (nSPS) is 14.6. The van der Waals surface area contributed by atoms with Gasteiger partial charge in [-0.1, -0.05) is 0 Å². The van der Waals surface area contributed by atoms with E-state index in [1.807, 2.05) is 11.4 Å². The van der Waals surface area contributed by atoms with Gasteiger partial charge in [-0.25, -0.2) is 4.98 Å². The van der Waals surface area contributed by atoms with Crippen LogP contribution in [0.3, 0.4) is 0 Å². The van der Waals surface area contributed by atoms with Gasteiger partial charge < -0.3 is 14.2 Å². The van der Waals surface area contributed by atoms with E-state index in [1.165, 1.54) is 22.0 Å². The second kappa shape index (κ2) is 6.85. The third kappa shape index (κ3) is 2.99. The molecule has 0 saturated carbocycles. The first-order valence-electron chi connectivity index (χ1n) is 9.13. The molecular weight excluding hydrogens is 392 g/mol. The van der Waals surface area contributed by atoms with Crippen LogP contribution < -0.4 is 5.56 Å². The molecule has 4 aromatic heterocycles. The lowest BCUT2D eigenvalue weighted by Crippen LogP contribution is -2.50. The number of furan rings is 1. The molecule has 0 radical (unpaired) electrons. The maximum atomic E-state index is 12.9. The van der Waals surface area contributed by atoms with Crippen LogP contribution in [-0.2, 0) is 0 Å². The van der Waals surface area contributed by atoms with Gasteiger partial charge in [0.15, 0.2) is 5.76 Å². The zero-order valence-electron chi connectivity index (χ0n) is 15.3. The van der Waals surface area contributed by atoms with Crippen molar-refractivity contribution in [2.45, 2.75) is 0 Å². The van der Waals surface area contributed by atoms with Gasteiger partial charge in [0, 0.05) is 32.4 Å². The maximum absolute atomic E-state index is 12.9. The molecule has 5 heterocycles. The summed E-state index contributed by atoms with van der Waals surface area (Å²) in [7, 11) is 0. The van der Waals surface area contributed by atoms with Crippen molar-refractivity contribution in [3.63, 3.8) is 0 Å². The fourth-order valence-corrected chi connectivity index (χ4v) is 4.27. The molecule has 1 saturated heterocycles. The average Bonchev–Trinajstić information content (AvgIpc) is 3.45. The van der Waals surface area contributed by atoms with E-state index in [-0.39, 0.29) is 17.4 Å². The van der Waals surface area contributed by atoms with Gasteiger partial charge in [-0.3, -0.25) is 18.8 Å². The van der Waals surface area contributed by atoms with Crippen molar-refractivity contribution in [2.75, 3.05) is 26.2 Å². The highest BCUT2D eigenvalue weighted by atomic mass is 32.1. The molecule has 9 heteroatoms. The molecule has 4 aromatic rings. The van der Waals surface area contributed by atoms with E-state index < -0.39 is 0 Å². The summed E-state index contributed by atoms with van der Waals surface area (Å²) in [6.45, 7) is 1.69. The predicted molar refractivity (Wildman–Crippen MR) is 107 cm³/mol. The molecule has 0 aromatic carbocycles. The number of hydrogen-bond acceptors (Lipinski definition) is 6. The van der Waals surface area contributed by atoms with Gasteiger partial charge >= 0.3 is 0 Å².